The summed E-state index contributed by atoms with van der Waals surface area (Å²) in [7, 11) is 3.25. The Hall–Kier alpha value is -5.17. The summed E-state index contributed by atoms with van der Waals surface area (Å²) in [5.41, 5.74) is 18.9. The first-order chi connectivity index (χ1) is 22.2. The summed E-state index contributed by atoms with van der Waals surface area (Å²) >= 11 is 0. The molecule has 13 heteroatoms. The molecule has 13 nitrogen and oxygen atoms in total. The van der Waals surface area contributed by atoms with Gasteiger partial charge in [0, 0.05) is 62.8 Å². The fourth-order valence-corrected chi connectivity index (χ4v) is 5.63. The molecule has 0 saturated carbocycles. The van der Waals surface area contributed by atoms with E-state index in [1.165, 1.54) is 18.1 Å². The third-order valence-corrected chi connectivity index (χ3v) is 8.20. The summed E-state index contributed by atoms with van der Waals surface area (Å²) in [6.45, 7) is 4.94. The molecule has 1 fully saturated rings. The van der Waals surface area contributed by atoms with E-state index in [1.54, 1.807) is 37.2 Å². The molecule has 1 atom stereocenters. The molecular weight excluding hydrogens is 582 g/mol. The maximum Gasteiger partial charge on any atom is 0.237 e. The summed E-state index contributed by atoms with van der Waals surface area (Å²) in [5, 5.41) is 20.3. The molecule has 2 aromatic carbocycles. The monoisotopic (exact) mass is 625 g/mol. The number of carbonyl (C=O) groups excluding carboxylic acids is 2. The molecule has 2 aliphatic rings. The molecule has 2 heterocycles. The SMILES string of the molecule is CCN(C(=O)[C@@H]1CCN(CC(=O)N2CC=C(c3ccc(C(N)=NC=NC)cc3)CC2)C1)c1ccc(N)c(C(=N)C(=N)/C=N\NC)c1. The van der Waals surface area contributed by atoms with Gasteiger partial charge in [-0.25, -0.2) is 4.99 Å². The molecule has 46 heavy (non-hydrogen) atoms. The zero-order valence-electron chi connectivity index (χ0n) is 26.7. The fourth-order valence-electron chi connectivity index (χ4n) is 5.63. The van der Waals surface area contributed by atoms with E-state index < -0.39 is 0 Å². The number of carbonyl (C=O) groups is 2. The standard InChI is InChI=1S/C33H43N11O2/c1-4-44(26-9-10-28(34)27(17-26)31(36)29(35)18-41-39-3)33(46)25-11-14-42(19-25)20-30(45)43-15-12-23(13-16-43)22-5-7-24(8-6-22)32(37)40-21-38-2/h5-10,12,17-18,21,25,35-36,39H,4,11,13-16,19-20,34H2,1-3H3,(H2,37,38,40)/b35-29?,36-31?,41-18-/t25-/m1/s1. The number of aliphatic imine (C=N–C) groups is 2. The molecule has 0 bridgehead atoms. The highest BCUT2D eigenvalue weighted by atomic mass is 16.2. The molecule has 2 aromatic rings. The minimum atomic E-state index is -0.251. The largest absolute Gasteiger partial charge is 0.398 e. The van der Waals surface area contributed by atoms with Gasteiger partial charge in [0.05, 0.1) is 30.1 Å². The number of hydrogen-bond acceptors (Lipinski definition) is 9. The molecule has 0 aromatic heterocycles. The van der Waals surface area contributed by atoms with E-state index in [0.717, 1.165) is 17.5 Å². The lowest BCUT2D eigenvalue weighted by molar-refractivity contribution is -0.132. The van der Waals surface area contributed by atoms with Crippen molar-refractivity contribution in [1.29, 1.82) is 10.8 Å². The second kappa shape index (κ2) is 15.7. The van der Waals surface area contributed by atoms with Gasteiger partial charge in [-0.1, -0.05) is 30.3 Å². The summed E-state index contributed by atoms with van der Waals surface area (Å²) < 4.78 is 0. The number of nitrogens with two attached hydrogens (primary N) is 2. The minimum absolute atomic E-state index is 0.0328. The summed E-state index contributed by atoms with van der Waals surface area (Å²) in [4.78, 5) is 40.4. The van der Waals surface area contributed by atoms with E-state index in [9.17, 15) is 9.59 Å². The van der Waals surface area contributed by atoms with Crippen LogP contribution in [0.1, 0.15) is 36.5 Å². The van der Waals surface area contributed by atoms with Gasteiger partial charge < -0.3 is 26.7 Å². The summed E-state index contributed by atoms with van der Waals surface area (Å²) in [6.07, 6.45) is 6.17. The first kappa shape index (κ1) is 33.7. The average Bonchev–Trinajstić information content (AvgIpc) is 3.55. The van der Waals surface area contributed by atoms with E-state index in [4.69, 9.17) is 22.3 Å². The molecule has 4 rings (SSSR count). The fraction of sp³-hybridized carbons (Fsp3) is 0.364. The first-order valence-electron chi connectivity index (χ1n) is 15.3. The van der Waals surface area contributed by atoms with Crippen LogP contribution in [0.2, 0.25) is 0 Å². The number of hydrazone groups is 1. The van der Waals surface area contributed by atoms with Gasteiger partial charge >= 0.3 is 0 Å². The molecule has 242 valence electrons. The second-order valence-electron chi connectivity index (χ2n) is 11.1. The van der Waals surface area contributed by atoms with Gasteiger partial charge in [-0.05, 0) is 55.6 Å². The van der Waals surface area contributed by atoms with Crippen molar-refractivity contribution >= 4 is 58.6 Å². The lowest BCUT2D eigenvalue weighted by atomic mass is 9.98. The van der Waals surface area contributed by atoms with Crippen molar-refractivity contribution in [2.24, 2.45) is 26.7 Å². The number of likely N-dealkylation sites (tertiary alicyclic amines) is 1. The summed E-state index contributed by atoms with van der Waals surface area (Å²) in [6, 6.07) is 13.0. The quantitative estimate of drug-likeness (QED) is 0.104. The van der Waals surface area contributed by atoms with Gasteiger partial charge in [-0.2, -0.15) is 5.10 Å². The maximum absolute atomic E-state index is 13.6. The smallest absolute Gasteiger partial charge is 0.237 e. The van der Waals surface area contributed by atoms with Crippen LogP contribution in [-0.2, 0) is 9.59 Å². The molecule has 0 radical (unpaired) electrons. The average molecular weight is 626 g/mol. The van der Waals surface area contributed by atoms with Crippen LogP contribution in [-0.4, -0.2) is 105 Å². The van der Waals surface area contributed by atoms with E-state index >= 15 is 0 Å². The number of amides is 2. The van der Waals surface area contributed by atoms with Crippen LogP contribution in [0.25, 0.3) is 5.57 Å². The number of benzene rings is 2. The highest BCUT2D eigenvalue weighted by Gasteiger charge is 2.33. The third-order valence-electron chi connectivity index (χ3n) is 8.20. The van der Waals surface area contributed by atoms with Crippen LogP contribution < -0.4 is 21.8 Å². The Bertz CT molecular complexity index is 1580. The van der Waals surface area contributed by atoms with E-state index in [-0.39, 0.29) is 35.7 Å². The first-order valence-corrected chi connectivity index (χ1v) is 15.3. The van der Waals surface area contributed by atoms with E-state index in [1.807, 2.05) is 36.1 Å². The van der Waals surface area contributed by atoms with Crippen LogP contribution in [0, 0.1) is 16.7 Å². The minimum Gasteiger partial charge on any atom is -0.398 e. The number of nitrogens with one attached hydrogen (secondary N) is 3. The number of anilines is 2. The Labute approximate surface area is 269 Å². The van der Waals surface area contributed by atoms with Crippen molar-refractivity contribution in [2.45, 2.75) is 19.8 Å². The van der Waals surface area contributed by atoms with Gasteiger partial charge in [0.2, 0.25) is 11.8 Å². The van der Waals surface area contributed by atoms with Crippen LogP contribution >= 0.6 is 0 Å². The Morgan fingerprint density at radius 3 is 2.57 bits per heavy atom. The molecule has 0 spiro atoms. The number of rotatable bonds is 12. The normalized spacial score (nSPS) is 17.4. The van der Waals surface area contributed by atoms with Crippen LogP contribution in [0.15, 0.2) is 63.6 Å². The highest BCUT2D eigenvalue weighted by molar-refractivity contribution is 6.65. The van der Waals surface area contributed by atoms with Gasteiger partial charge in [0.15, 0.2) is 0 Å². The molecule has 0 unspecified atom stereocenters. The molecule has 7 N–H and O–H groups in total. The van der Waals surface area contributed by atoms with E-state index in [2.05, 4.69) is 31.5 Å². The van der Waals surface area contributed by atoms with Crippen molar-refractivity contribution < 1.29 is 9.59 Å². The Balaban J connectivity index is 1.33. The number of amidine groups is 1. The lowest BCUT2D eigenvalue weighted by Crippen LogP contribution is -2.42. The molecule has 2 amide bonds. The Morgan fingerprint density at radius 1 is 1.15 bits per heavy atom. The Kier molecular flexibility index (Phi) is 11.5. The highest BCUT2D eigenvalue weighted by Crippen LogP contribution is 2.27. The number of hydrogen-bond donors (Lipinski definition) is 5. The molecule has 0 aliphatic carbocycles. The maximum atomic E-state index is 13.6. The van der Waals surface area contributed by atoms with Crippen molar-refractivity contribution in [3.05, 3.63) is 65.2 Å². The van der Waals surface area contributed by atoms with Crippen LogP contribution in [0.4, 0.5) is 11.4 Å². The van der Waals surface area contributed by atoms with Gasteiger partial charge in [0.1, 0.15) is 12.2 Å². The zero-order chi connectivity index (χ0) is 33.2. The number of nitrogen functional groups attached to an aromatic ring is 1. The van der Waals surface area contributed by atoms with Crippen molar-refractivity contribution in [3.8, 4) is 0 Å². The van der Waals surface area contributed by atoms with Gasteiger partial charge in [0.25, 0.3) is 0 Å². The third kappa shape index (κ3) is 8.10. The second-order valence-corrected chi connectivity index (χ2v) is 11.1. The molecule has 1 saturated heterocycles. The predicted molar refractivity (Wildman–Crippen MR) is 186 cm³/mol. The number of nitrogens with zero attached hydrogens (tertiary/aromatic N) is 6. The van der Waals surface area contributed by atoms with Crippen molar-refractivity contribution in [1.82, 2.24) is 15.2 Å². The van der Waals surface area contributed by atoms with Crippen molar-refractivity contribution in [3.63, 3.8) is 0 Å². The Morgan fingerprint density at radius 2 is 1.91 bits per heavy atom. The molecular formula is C33H43N11O2. The zero-order valence-corrected chi connectivity index (χ0v) is 26.7. The molecule has 2 aliphatic heterocycles. The van der Waals surface area contributed by atoms with Crippen molar-refractivity contribution in [2.75, 3.05) is 64.0 Å². The van der Waals surface area contributed by atoms with Crippen LogP contribution in [0.5, 0.6) is 0 Å². The predicted octanol–water partition coefficient (Wildman–Crippen LogP) is 2.22. The van der Waals surface area contributed by atoms with Gasteiger partial charge in [-0.15, -0.1) is 0 Å². The lowest BCUT2D eigenvalue weighted by Gasteiger charge is -2.29. The van der Waals surface area contributed by atoms with Crippen LogP contribution in [0.3, 0.4) is 0 Å². The summed E-state index contributed by atoms with van der Waals surface area (Å²) in [5.74, 6) is 0.177. The topological polar surface area (TPSA) is 193 Å². The van der Waals surface area contributed by atoms with E-state index in [0.29, 0.717) is 61.9 Å². The van der Waals surface area contributed by atoms with Gasteiger partial charge in [-0.3, -0.25) is 30.3 Å².